The van der Waals surface area contributed by atoms with Gasteiger partial charge in [0.05, 0.1) is 27.6 Å². The van der Waals surface area contributed by atoms with E-state index in [1.807, 2.05) is 12.3 Å². The minimum Gasteiger partial charge on any atom is -0.309 e. The highest BCUT2D eigenvalue weighted by Crippen LogP contribution is 2.38. The summed E-state index contributed by atoms with van der Waals surface area (Å²) in [6.07, 6.45) is 1.89. The van der Waals surface area contributed by atoms with Crippen LogP contribution in [0.1, 0.15) is 0 Å². The lowest BCUT2D eigenvalue weighted by atomic mass is 10.0. The average molecular weight is 638 g/mol. The lowest BCUT2D eigenvalue weighted by Crippen LogP contribution is -1.94. The molecule has 3 heteroatoms. The molecule has 0 aliphatic heterocycles. The Morgan fingerprint density at radius 2 is 0.780 bits per heavy atom. The number of hydrogen-bond donors (Lipinski definition) is 0. The van der Waals surface area contributed by atoms with E-state index in [2.05, 4.69) is 185 Å². The third kappa shape index (κ3) is 4.56. The van der Waals surface area contributed by atoms with E-state index in [9.17, 15) is 0 Å². The van der Waals surface area contributed by atoms with Gasteiger partial charge in [-0.25, -0.2) is 0 Å². The van der Waals surface area contributed by atoms with E-state index < -0.39 is 0 Å². The Balaban J connectivity index is 1.10. The molecule has 0 aliphatic carbocycles. The third-order valence-corrected chi connectivity index (χ3v) is 9.99. The summed E-state index contributed by atoms with van der Waals surface area (Å²) in [7, 11) is 0. The van der Waals surface area contributed by atoms with Crippen LogP contribution < -0.4 is 0 Å². The molecule has 7 aromatic carbocycles. The molecule has 0 atom stereocenters. The molecule has 0 fully saturated rings. The Labute approximate surface area is 290 Å². The van der Waals surface area contributed by atoms with Gasteiger partial charge in [-0.1, -0.05) is 121 Å². The predicted molar refractivity (Wildman–Crippen MR) is 209 cm³/mol. The topological polar surface area (TPSA) is 22.8 Å². The highest BCUT2D eigenvalue weighted by Gasteiger charge is 2.17. The van der Waals surface area contributed by atoms with Gasteiger partial charge < -0.3 is 9.13 Å². The quantitative estimate of drug-likeness (QED) is 0.184. The van der Waals surface area contributed by atoms with Gasteiger partial charge in [-0.2, -0.15) is 0 Å². The number of para-hydroxylation sites is 1. The minimum absolute atomic E-state index is 1.00. The molecule has 3 heterocycles. The molecule has 10 aromatic rings. The Bertz CT molecular complexity index is 2830. The van der Waals surface area contributed by atoms with Crippen molar-refractivity contribution in [1.82, 2.24) is 14.1 Å². The molecule has 0 spiro atoms. The van der Waals surface area contributed by atoms with Gasteiger partial charge in [0.2, 0.25) is 0 Å². The maximum atomic E-state index is 4.89. The predicted octanol–water partition coefficient (Wildman–Crippen LogP) is 12.3. The molecule has 50 heavy (non-hydrogen) atoms. The molecule has 0 bridgehead atoms. The summed E-state index contributed by atoms with van der Waals surface area (Å²) < 4.78 is 4.73. The van der Waals surface area contributed by atoms with Crippen LogP contribution in [0, 0.1) is 0 Å². The molecule has 0 N–H and O–H groups in total. The smallest absolute Gasteiger partial charge is 0.0963 e. The van der Waals surface area contributed by atoms with Gasteiger partial charge in [-0.05, 0) is 94.0 Å². The number of hydrogen-bond acceptors (Lipinski definition) is 1. The Hall–Kier alpha value is -6.71. The van der Waals surface area contributed by atoms with Crippen LogP contribution in [0.15, 0.2) is 188 Å². The van der Waals surface area contributed by atoms with Gasteiger partial charge in [0.1, 0.15) is 0 Å². The first-order chi connectivity index (χ1) is 24.8. The van der Waals surface area contributed by atoms with E-state index in [-0.39, 0.29) is 0 Å². The maximum absolute atomic E-state index is 4.89. The van der Waals surface area contributed by atoms with Crippen molar-refractivity contribution in [2.75, 3.05) is 0 Å². The van der Waals surface area contributed by atoms with Crippen LogP contribution in [0.4, 0.5) is 0 Å². The molecule has 234 valence electrons. The van der Waals surface area contributed by atoms with Crippen molar-refractivity contribution in [1.29, 1.82) is 0 Å². The number of fused-ring (bicyclic) bond motifs is 6. The van der Waals surface area contributed by atoms with Crippen LogP contribution >= 0.6 is 0 Å². The van der Waals surface area contributed by atoms with Crippen molar-refractivity contribution in [3.8, 4) is 44.8 Å². The van der Waals surface area contributed by atoms with Gasteiger partial charge in [0.25, 0.3) is 0 Å². The highest BCUT2D eigenvalue weighted by molar-refractivity contribution is 6.11. The molecule has 0 saturated carbocycles. The fraction of sp³-hybridized carbons (Fsp3) is 0. The zero-order valence-corrected chi connectivity index (χ0v) is 27.2. The molecular formula is C47H31N3. The fourth-order valence-corrected chi connectivity index (χ4v) is 7.59. The summed E-state index contributed by atoms with van der Waals surface area (Å²) in [4.78, 5) is 4.89. The Morgan fingerprint density at radius 1 is 0.300 bits per heavy atom. The van der Waals surface area contributed by atoms with Gasteiger partial charge in [0, 0.05) is 33.7 Å². The lowest BCUT2D eigenvalue weighted by Gasteiger charge is -2.11. The van der Waals surface area contributed by atoms with E-state index in [4.69, 9.17) is 4.98 Å². The highest BCUT2D eigenvalue weighted by atomic mass is 15.0. The second kappa shape index (κ2) is 11.5. The van der Waals surface area contributed by atoms with Crippen LogP contribution in [0.5, 0.6) is 0 Å². The van der Waals surface area contributed by atoms with E-state index in [0.29, 0.717) is 0 Å². The molecule has 0 aliphatic rings. The number of pyridine rings is 1. The first-order valence-electron chi connectivity index (χ1n) is 17.0. The van der Waals surface area contributed by atoms with Crippen LogP contribution in [0.25, 0.3) is 88.5 Å². The van der Waals surface area contributed by atoms with Crippen molar-refractivity contribution in [3.05, 3.63) is 188 Å². The van der Waals surface area contributed by atoms with E-state index >= 15 is 0 Å². The van der Waals surface area contributed by atoms with Crippen LogP contribution in [-0.2, 0) is 0 Å². The second-order valence-electron chi connectivity index (χ2n) is 12.8. The number of benzene rings is 7. The third-order valence-electron chi connectivity index (χ3n) is 9.99. The van der Waals surface area contributed by atoms with Gasteiger partial charge >= 0.3 is 0 Å². The first-order valence-corrected chi connectivity index (χ1v) is 17.0. The second-order valence-corrected chi connectivity index (χ2v) is 12.8. The number of nitrogens with zero attached hydrogens (tertiary/aromatic N) is 3. The van der Waals surface area contributed by atoms with Crippen molar-refractivity contribution >= 4 is 43.7 Å². The molecule has 0 saturated heterocycles. The molecular weight excluding hydrogens is 607 g/mol. The zero-order valence-electron chi connectivity index (χ0n) is 27.2. The molecule has 0 unspecified atom stereocenters. The largest absolute Gasteiger partial charge is 0.309 e. The van der Waals surface area contributed by atoms with E-state index in [1.54, 1.807) is 0 Å². The molecule has 10 rings (SSSR count). The summed E-state index contributed by atoms with van der Waals surface area (Å²) in [6.45, 7) is 0. The fourth-order valence-electron chi connectivity index (χ4n) is 7.59. The standard InChI is InChI=1S/C47H31N3/c1-3-10-32(11-4-1)34-17-23-38(24-18-34)49-44-28-22-36(30-42(44)47-45(49)16-9-29-48-47)37-21-27-41-40-14-7-8-15-43(40)50(46(41)31-37)39-25-19-35(20-26-39)33-12-5-2-6-13-33/h1-31H. The molecule has 0 radical (unpaired) electrons. The summed E-state index contributed by atoms with van der Waals surface area (Å²) in [6, 6.07) is 65.4. The van der Waals surface area contributed by atoms with Crippen LogP contribution in [0.2, 0.25) is 0 Å². The van der Waals surface area contributed by atoms with E-state index in [1.165, 1.54) is 55.2 Å². The van der Waals surface area contributed by atoms with Gasteiger partial charge in [-0.3, -0.25) is 4.98 Å². The zero-order chi connectivity index (χ0) is 33.0. The summed E-state index contributed by atoms with van der Waals surface area (Å²) >= 11 is 0. The van der Waals surface area contributed by atoms with Gasteiger partial charge in [0.15, 0.2) is 0 Å². The average Bonchev–Trinajstić information content (AvgIpc) is 3.71. The number of rotatable bonds is 5. The monoisotopic (exact) mass is 637 g/mol. The van der Waals surface area contributed by atoms with Crippen LogP contribution in [0.3, 0.4) is 0 Å². The maximum Gasteiger partial charge on any atom is 0.0963 e. The molecule has 3 aromatic heterocycles. The Kier molecular flexibility index (Phi) is 6.49. The molecule has 3 nitrogen and oxygen atoms in total. The van der Waals surface area contributed by atoms with Crippen molar-refractivity contribution in [3.63, 3.8) is 0 Å². The van der Waals surface area contributed by atoms with Gasteiger partial charge in [-0.15, -0.1) is 0 Å². The van der Waals surface area contributed by atoms with Crippen LogP contribution in [-0.4, -0.2) is 14.1 Å². The van der Waals surface area contributed by atoms with Crippen molar-refractivity contribution < 1.29 is 0 Å². The number of aromatic nitrogens is 3. The lowest BCUT2D eigenvalue weighted by molar-refractivity contribution is 1.18. The normalized spacial score (nSPS) is 11.6. The summed E-state index contributed by atoms with van der Waals surface area (Å²) in [5.74, 6) is 0. The summed E-state index contributed by atoms with van der Waals surface area (Å²) in [5.41, 5.74) is 15.1. The minimum atomic E-state index is 1.00. The SMILES string of the molecule is c1ccc(-c2ccc(-n3c4ccccc4c4ccc(-c5ccc6c(c5)c5ncccc5n6-c5ccc(-c6ccccc6)cc5)cc43)cc2)cc1. The summed E-state index contributed by atoms with van der Waals surface area (Å²) in [5, 5.41) is 3.64. The Morgan fingerprint density at radius 3 is 1.46 bits per heavy atom. The molecule has 0 amide bonds. The van der Waals surface area contributed by atoms with E-state index in [0.717, 1.165) is 33.3 Å². The first kappa shape index (κ1) is 28.3. The van der Waals surface area contributed by atoms with Crippen molar-refractivity contribution in [2.24, 2.45) is 0 Å². The van der Waals surface area contributed by atoms with Crippen molar-refractivity contribution in [2.45, 2.75) is 0 Å².